The molecule has 1 aromatic heterocycles. The average Bonchev–Trinajstić information content (AvgIpc) is 2.96. The van der Waals surface area contributed by atoms with Gasteiger partial charge in [0, 0.05) is 24.7 Å². The minimum absolute atomic E-state index is 0.0314. The number of hydrogen-bond acceptors (Lipinski definition) is 5. The molecule has 0 fully saturated rings. The van der Waals surface area contributed by atoms with Gasteiger partial charge in [0.2, 0.25) is 5.91 Å². The van der Waals surface area contributed by atoms with Crippen molar-refractivity contribution >= 4 is 23.3 Å². The third kappa shape index (κ3) is 5.90. The first-order valence-electron chi connectivity index (χ1n) is 8.20. The summed E-state index contributed by atoms with van der Waals surface area (Å²) in [5.41, 5.74) is 0.947. The molecule has 0 saturated carbocycles. The van der Waals surface area contributed by atoms with Gasteiger partial charge in [0.25, 0.3) is 5.19 Å². The van der Waals surface area contributed by atoms with Crippen LogP contribution in [-0.2, 0) is 4.79 Å². The van der Waals surface area contributed by atoms with Crippen LogP contribution < -0.4 is 14.8 Å². The third-order valence-corrected chi connectivity index (χ3v) is 4.12. The second-order valence-corrected chi connectivity index (χ2v) is 7.05. The minimum Gasteiger partial charge on any atom is -0.491 e. The summed E-state index contributed by atoms with van der Waals surface area (Å²) in [6, 6.07) is 5.71. The number of carbonyl (C=O) groups excluding carboxylic acids is 1. The lowest BCUT2D eigenvalue weighted by atomic mass is 10.2. The Morgan fingerprint density at radius 2 is 2.00 bits per heavy atom. The number of thiazole rings is 1. The maximum absolute atomic E-state index is 11.0. The molecule has 1 amide bonds. The summed E-state index contributed by atoms with van der Waals surface area (Å²) in [5.74, 6) is 1.49. The smallest absolute Gasteiger partial charge is 0.279 e. The van der Waals surface area contributed by atoms with E-state index in [2.05, 4.69) is 10.3 Å². The number of aromatic nitrogens is 1. The van der Waals surface area contributed by atoms with Crippen LogP contribution in [0.25, 0.3) is 6.08 Å². The van der Waals surface area contributed by atoms with Crippen LogP contribution in [0.15, 0.2) is 30.5 Å². The van der Waals surface area contributed by atoms with Gasteiger partial charge < -0.3 is 14.8 Å². The van der Waals surface area contributed by atoms with Gasteiger partial charge in [0.05, 0.1) is 11.0 Å². The molecule has 0 aliphatic rings. The standard InChI is InChI=1S/C19H24N2O3S/c1-12(2)23-17-7-6-8-18(14(17)4)24-19-20-11-16(25-19)10-9-13(3)21-15(5)22/h6-13H,1-5H3,(H,21,22)/t13-/m0/s1. The van der Waals surface area contributed by atoms with Gasteiger partial charge in [-0.05, 0) is 45.9 Å². The first-order chi connectivity index (χ1) is 11.8. The molecule has 1 heterocycles. The predicted octanol–water partition coefficient (Wildman–Crippen LogP) is 4.57. The number of carbonyl (C=O) groups is 1. The molecular formula is C19H24N2O3S. The van der Waals surface area contributed by atoms with E-state index in [1.807, 2.05) is 58.0 Å². The van der Waals surface area contributed by atoms with Crippen molar-refractivity contribution in [3.05, 3.63) is 40.9 Å². The molecule has 2 rings (SSSR count). The topological polar surface area (TPSA) is 60.5 Å². The van der Waals surface area contributed by atoms with Crippen molar-refractivity contribution < 1.29 is 14.3 Å². The van der Waals surface area contributed by atoms with E-state index in [-0.39, 0.29) is 18.1 Å². The van der Waals surface area contributed by atoms with E-state index < -0.39 is 0 Å². The Bertz CT molecular complexity index is 753. The average molecular weight is 360 g/mol. The molecular weight excluding hydrogens is 336 g/mol. The molecule has 0 radical (unpaired) electrons. The molecule has 5 nitrogen and oxygen atoms in total. The lowest BCUT2D eigenvalue weighted by Gasteiger charge is -2.14. The summed E-state index contributed by atoms with van der Waals surface area (Å²) in [7, 11) is 0. The van der Waals surface area contributed by atoms with Gasteiger partial charge in [0.1, 0.15) is 11.5 Å². The molecule has 134 valence electrons. The van der Waals surface area contributed by atoms with Crippen LogP contribution in [0.1, 0.15) is 38.1 Å². The summed E-state index contributed by atoms with van der Waals surface area (Å²) >= 11 is 1.44. The van der Waals surface area contributed by atoms with Crippen molar-refractivity contribution in [3.8, 4) is 16.7 Å². The Morgan fingerprint density at radius 3 is 2.68 bits per heavy atom. The van der Waals surface area contributed by atoms with Crippen LogP contribution in [0.4, 0.5) is 0 Å². The Kier molecular flexibility index (Phi) is 6.58. The molecule has 1 atom stereocenters. The van der Waals surface area contributed by atoms with E-state index in [4.69, 9.17) is 9.47 Å². The molecule has 0 aliphatic heterocycles. The van der Waals surface area contributed by atoms with Gasteiger partial charge in [-0.3, -0.25) is 4.79 Å². The van der Waals surface area contributed by atoms with Crippen LogP contribution in [0.3, 0.4) is 0 Å². The highest BCUT2D eigenvalue weighted by Crippen LogP contribution is 2.33. The highest BCUT2D eigenvalue weighted by atomic mass is 32.1. The second-order valence-electron chi connectivity index (χ2n) is 6.02. The van der Waals surface area contributed by atoms with Gasteiger partial charge in [0.15, 0.2) is 0 Å². The van der Waals surface area contributed by atoms with Crippen molar-refractivity contribution in [2.24, 2.45) is 0 Å². The van der Waals surface area contributed by atoms with Gasteiger partial charge >= 0.3 is 0 Å². The fourth-order valence-corrected chi connectivity index (χ4v) is 2.87. The first-order valence-corrected chi connectivity index (χ1v) is 9.02. The zero-order valence-corrected chi connectivity index (χ0v) is 16.0. The van der Waals surface area contributed by atoms with Crippen LogP contribution in [0.2, 0.25) is 0 Å². The molecule has 0 aliphatic carbocycles. The van der Waals surface area contributed by atoms with E-state index in [1.165, 1.54) is 18.3 Å². The largest absolute Gasteiger partial charge is 0.491 e. The van der Waals surface area contributed by atoms with E-state index in [0.29, 0.717) is 5.19 Å². The monoisotopic (exact) mass is 360 g/mol. The highest BCUT2D eigenvalue weighted by Gasteiger charge is 2.10. The van der Waals surface area contributed by atoms with Gasteiger partial charge in [-0.25, -0.2) is 4.98 Å². The molecule has 1 N–H and O–H groups in total. The lowest BCUT2D eigenvalue weighted by Crippen LogP contribution is -2.28. The fraction of sp³-hybridized carbons (Fsp3) is 0.368. The van der Waals surface area contributed by atoms with Crippen molar-refractivity contribution in [2.75, 3.05) is 0 Å². The van der Waals surface area contributed by atoms with Crippen LogP contribution >= 0.6 is 11.3 Å². The van der Waals surface area contributed by atoms with E-state index in [0.717, 1.165) is 21.9 Å². The summed E-state index contributed by atoms with van der Waals surface area (Å²) in [5, 5.41) is 3.37. The normalized spacial score (nSPS) is 12.4. The van der Waals surface area contributed by atoms with Crippen molar-refractivity contribution in [1.82, 2.24) is 10.3 Å². The lowest BCUT2D eigenvalue weighted by molar-refractivity contribution is -0.119. The summed E-state index contributed by atoms with van der Waals surface area (Å²) < 4.78 is 11.7. The second kappa shape index (κ2) is 8.67. The van der Waals surface area contributed by atoms with Gasteiger partial charge in [-0.15, -0.1) is 0 Å². The van der Waals surface area contributed by atoms with Crippen LogP contribution in [0.5, 0.6) is 16.7 Å². The number of ether oxygens (including phenoxy) is 2. The fourth-order valence-electron chi connectivity index (χ4n) is 2.18. The summed E-state index contributed by atoms with van der Waals surface area (Å²) in [6.07, 6.45) is 5.70. The van der Waals surface area contributed by atoms with E-state index in [9.17, 15) is 4.79 Å². The van der Waals surface area contributed by atoms with Crippen LogP contribution in [0, 0.1) is 6.92 Å². The molecule has 0 bridgehead atoms. The molecule has 0 unspecified atom stereocenters. The molecule has 6 heteroatoms. The Hall–Kier alpha value is -2.34. The number of hydrogen-bond donors (Lipinski definition) is 1. The number of nitrogens with one attached hydrogen (secondary N) is 1. The zero-order chi connectivity index (χ0) is 18.4. The third-order valence-electron chi connectivity index (χ3n) is 3.28. The maximum Gasteiger partial charge on any atom is 0.279 e. The summed E-state index contributed by atoms with van der Waals surface area (Å²) in [6.45, 7) is 9.38. The number of benzene rings is 1. The summed E-state index contributed by atoms with van der Waals surface area (Å²) in [4.78, 5) is 16.3. The number of amides is 1. The van der Waals surface area contributed by atoms with E-state index in [1.54, 1.807) is 6.20 Å². The number of nitrogens with zero attached hydrogens (tertiary/aromatic N) is 1. The SMILES string of the molecule is CC(=O)N[C@@H](C)C=Cc1cnc(Oc2cccc(OC(C)C)c2C)s1. The minimum atomic E-state index is -0.0514. The van der Waals surface area contributed by atoms with Crippen LogP contribution in [-0.4, -0.2) is 23.0 Å². The molecule has 2 aromatic rings. The molecule has 0 spiro atoms. The Morgan fingerprint density at radius 1 is 1.28 bits per heavy atom. The molecule has 25 heavy (non-hydrogen) atoms. The molecule has 1 aromatic carbocycles. The Labute approximate surface area is 152 Å². The number of rotatable bonds is 7. The van der Waals surface area contributed by atoms with Crippen molar-refractivity contribution in [3.63, 3.8) is 0 Å². The zero-order valence-electron chi connectivity index (χ0n) is 15.2. The van der Waals surface area contributed by atoms with Crippen molar-refractivity contribution in [1.29, 1.82) is 0 Å². The quantitative estimate of drug-likeness (QED) is 0.786. The highest BCUT2D eigenvalue weighted by molar-refractivity contribution is 7.14. The van der Waals surface area contributed by atoms with E-state index >= 15 is 0 Å². The van der Waals surface area contributed by atoms with Gasteiger partial charge in [-0.2, -0.15) is 0 Å². The Balaban J connectivity index is 2.06. The molecule has 0 saturated heterocycles. The first kappa shape index (κ1) is 19.0. The van der Waals surface area contributed by atoms with Gasteiger partial charge in [-0.1, -0.05) is 23.5 Å². The maximum atomic E-state index is 11.0. The predicted molar refractivity (Wildman–Crippen MR) is 101 cm³/mol. The van der Waals surface area contributed by atoms with Crippen molar-refractivity contribution in [2.45, 2.75) is 46.8 Å².